The fraction of sp³-hybridized carbons (Fsp3) is 0.231. The third-order valence-electron chi connectivity index (χ3n) is 2.71. The number of non-ortho nitro benzene ring substituents is 1. The van der Waals surface area contributed by atoms with Crippen LogP contribution < -0.4 is 0 Å². The highest BCUT2D eigenvalue weighted by atomic mass is 16.6. The predicted octanol–water partition coefficient (Wildman–Crippen LogP) is 3.29. The van der Waals surface area contributed by atoms with Gasteiger partial charge in [0.05, 0.1) is 4.92 Å². The van der Waals surface area contributed by atoms with Gasteiger partial charge in [-0.25, -0.2) is 0 Å². The summed E-state index contributed by atoms with van der Waals surface area (Å²) in [5.41, 5.74) is 8.18. The van der Waals surface area contributed by atoms with Gasteiger partial charge < -0.3 is 4.74 Å². The number of nitro groups is 1. The van der Waals surface area contributed by atoms with Gasteiger partial charge >= 0.3 is 5.97 Å². The molecule has 0 aliphatic carbocycles. The molecule has 9 heteroatoms. The molecular formula is C13H12N4O5. The maximum absolute atomic E-state index is 11.5. The number of esters is 1. The second kappa shape index (κ2) is 7.00. The van der Waals surface area contributed by atoms with E-state index in [1.807, 2.05) is 0 Å². The van der Waals surface area contributed by atoms with Crippen LogP contribution in [0, 0.1) is 10.1 Å². The Labute approximate surface area is 125 Å². The van der Waals surface area contributed by atoms with Gasteiger partial charge in [-0.1, -0.05) is 11.7 Å². The van der Waals surface area contributed by atoms with Crippen LogP contribution in [0.15, 0.2) is 35.5 Å². The number of nitro benzene ring substituents is 1. The van der Waals surface area contributed by atoms with Gasteiger partial charge in [0.2, 0.25) is 0 Å². The highest BCUT2D eigenvalue weighted by Crippen LogP contribution is 2.35. The highest BCUT2D eigenvalue weighted by molar-refractivity contribution is 5.94. The van der Waals surface area contributed by atoms with Crippen LogP contribution in [0.4, 0.5) is 11.4 Å². The van der Waals surface area contributed by atoms with Crippen molar-refractivity contribution in [2.45, 2.75) is 20.0 Å². The van der Waals surface area contributed by atoms with Crippen molar-refractivity contribution in [1.82, 2.24) is 0 Å². The normalized spacial score (nSPS) is 11.0. The van der Waals surface area contributed by atoms with Crippen molar-refractivity contribution in [3.8, 4) is 0 Å². The van der Waals surface area contributed by atoms with Crippen LogP contribution in [-0.2, 0) is 14.3 Å². The van der Waals surface area contributed by atoms with Crippen molar-refractivity contribution in [3.05, 3.63) is 56.5 Å². The molecule has 0 saturated carbocycles. The van der Waals surface area contributed by atoms with E-state index in [1.54, 1.807) is 0 Å². The summed E-state index contributed by atoms with van der Waals surface area (Å²) < 4.78 is 5.02. The third-order valence-corrected chi connectivity index (χ3v) is 2.71. The van der Waals surface area contributed by atoms with Crippen molar-refractivity contribution in [2.75, 3.05) is 0 Å². The number of nitrogens with zero attached hydrogens (tertiary/aromatic N) is 4. The molecule has 1 unspecified atom stereocenters. The smallest absolute Gasteiger partial charge is 0.303 e. The first kappa shape index (κ1) is 16.9. The van der Waals surface area contributed by atoms with Crippen molar-refractivity contribution in [1.29, 1.82) is 0 Å². The second-order valence-electron chi connectivity index (χ2n) is 4.26. The lowest BCUT2D eigenvalue weighted by Gasteiger charge is -2.19. The van der Waals surface area contributed by atoms with Crippen molar-refractivity contribution in [3.63, 3.8) is 0 Å². The highest BCUT2D eigenvalue weighted by Gasteiger charge is 2.26. The first-order valence-corrected chi connectivity index (χ1v) is 5.98. The molecule has 0 aliphatic heterocycles. The molecule has 0 N–H and O–H groups in total. The SMILES string of the molecule is C=C(C(C)=O)C(OC(C)=O)c1cc([N+](=O)[O-])ccc1N=[N+]=[N-]. The number of carbonyl (C=O) groups is 2. The molecule has 22 heavy (non-hydrogen) atoms. The number of carbonyl (C=O) groups excluding carboxylic acids is 2. The number of hydrogen-bond donors (Lipinski definition) is 0. The summed E-state index contributed by atoms with van der Waals surface area (Å²) in [6.45, 7) is 5.86. The minimum atomic E-state index is -1.27. The summed E-state index contributed by atoms with van der Waals surface area (Å²) in [7, 11) is 0. The van der Waals surface area contributed by atoms with E-state index in [0.29, 0.717) is 0 Å². The average Bonchev–Trinajstić information content (AvgIpc) is 2.44. The number of rotatable bonds is 6. The van der Waals surface area contributed by atoms with Crippen molar-refractivity contribution < 1.29 is 19.2 Å². The fourth-order valence-electron chi connectivity index (χ4n) is 1.68. The lowest BCUT2D eigenvalue weighted by Crippen LogP contribution is -2.15. The van der Waals surface area contributed by atoms with E-state index >= 15 is 0 Å². The van der Waals surface area contributed by atoms with Crippen LogP contribution in [0.2, 0.25) is 0 Å². The van der Waals surface area contributed by atoms with Crippen LogP contribution in [0.3, 0.4) is 0 Å². The molecule has 0 aromatic heterocycles. The summed E-state index contributed by atoms with van der Waals surface area (Å²) in [4.78, 5) is 35.6. The zero-order valence-electron chi connectivity index (χ0n) is 11.8. The predicted molar refractivity (Wildman–Crippen MR) is 76.2 cm³/mol. The Balaban J connectivity index is 3.55. The van der Waals surface area contributed by atoms with E-state index in [4.69, 9.17) is 10.3 Å². The molecular weight excluding hydrogens is 292 g/mol. The topological polar surface area (TPSA) is 135 Å². The molecule has 1 aromatic rings. The Morgan fingerprint density at radius 2 is 2.09 bits per heavy atom. The maximum Gasteiger partial charge on any atom is 0.303 e. The maximum atomic E-state index is 11.5. The summed E-state index contributed by atoms with van der Waals surface area (Å²) in [5, 5.41) is 14.3. The van der Waals surface area contributed by atoms with E-state index in [0.717, 1.165) is 19.1 Å². The third kappa shape index (κ3) is 3.90. The van der Waals surface area contributed by atoms with Gasteiger partial charge in [0.15, 0.2) is 11.9 Å². The van der Waals surface area contributed by atoms with Crippen molar-refractivity contribution >= 4 is 23.1 Å². The van der Waals surface area contributed by atoms with Gasteiger partial charge in [-0.15, -0.1) is 0 Å². The average molecular weight is 304 g/mol. The van der Waals surface area contributed by atoms with E-state index in [-0.39, 0.29) is 22.5 Å². The van der Waals surface area contributed by atoms with Gasteiger partial charge in [0.25, 0.3) is 5.69 Å². The van der Waals surface area contributed by atoms with Gasteiger partial charge in [-0.05, 0) is 18.5 Å². The van der Waals surface area contributed by atoms with Gasteiger partial charge in [0, 0.05) is 40.8 Å². The second-order valence-corrected chi connectivity index (χ2v) is 4.26. The minimum Gasteiger partial charge on any atom is -0.453 e. The first-order valence-electron chi connectivity index (χ1n) is 5.98. The Hall–Kier alpha value is -3.19. The number of benzene rings is 1. The zero-order chi connectivity index (χ0) is 16.9. The van der Waals surface area contributed by atoms with Crippen molar-refractivity contribution in [2.24, 2.45) is 5.11 Å². The molecule has 1 rings (SSSR count). The minimum absolute atomic E-state index is 0.00162. The quantitative estimate of drug-likeness (QED) is 0.151. The van der Waals surface area contributed by atoms with Crippen LogP contribution >= 0.6 is 0 Å². The molecule has 0 saturated heterocycles. The van der Waals surface area contributed by atoms with Gasteiger partial charge in [0.1, 0.15) is 0 Å². The number of ketones is 1. The molecule has 1 atom stereocenters. The Morgan fingerprint density at radius 3 is 2.55 bits per heavy atom. The largest absolute Gasteiger partial charge is 0.453 e. The zero-order valence-corrected chi connectivity index (χ0v) is 11.8. The van der Waals surface area contributed by atoms with Gasteiger partial charge in [-0.2, -0.15) is 0 Å². The number of azide groups is 1. The number of hydrogen-bond acceptors (Lipinski definition) is 6. The van der Waals surface area contributed by atoms with E-state index in [2.05, 4.69) is 16.6 Å². The Kier molecular flexibility index (Phi) is 5.37. The molecule has 0 amide bonds. The number of ether oxygens (including phenoxy) is 1. The molecule has 0 heterocycles. The van der Waals surface area contributed by atoms with E-state index in [1.165, 1.54) is 13.0 Å². The first-order chi connectivity index (χ1) is 10.3. The monoisotopic (exact) mass is 304 g/mol. The molecule has 0 aliphatic rings. The summed E-state index contributed by atoms with van der Waals surface area (Å²) >= 11 is 0. The van der Waals surface area contributed by atoms with E-state index in [9.17, 15) is 19.7 Å². The molecule has 0 radical (unpaired) electrons. The summed E-state index contributed by atoms with van der Waals surface area (Å²) in [6.07, 6.45) is -1.27. The molecule has 0 fully saturated rings. The fourth-order valence-corrected chi connectivity index (χ4v) is 1.68. The van der Waals surface area contributed by atoms with Crippen LogP contribution in [0.25, 0.3) is 10.4 Å². The molecule has 114 valence electrons. The molecule has 0 spiro atoms. The van der Waals surface area contributed by atoms with Crippen LogP contribution in [0.1, 0.15) is 25.5 Å². The van der Waals surface area contributed by atoms with Gasteiger partial charge in [-0.3, -0.25) is 19.7 Å². The molecule has 1 aromatic carbocycles. The molecule has 0 bridgehead atoms. The lowest BCUT2D eigenvalue weighted by atomic mass is 9.98. The summed E-state index contributed by atoms with van der Waals surface area (Å²) in [6, 6.07) is 3.41. The Morgan fingerprint density at radius 1 is 1.45 bits per heavy atom. The lowest BCUT2D eigenvalue weighted by molar-refractivity contribution is -0.385. The molecule has 9 nitrogen and oxygen atoms in total. The van der Waals surface area contributed by atoms with E-state index < -0.39 is 22.8 Å². The Bertz CT molecular complexity index is 706. The van der Waals surface area contributed by atoms with Crippen LogP contribution in [-0.4, -0.2) is 16.7 Å². The van der Waals surface area contributed by atoms with Crippen LogP contribution in [0.5, 0.6) is 0 Å². The standard InChI is InChI=1S/C13H12N4O5/c1-7(8(2)18)13(22-9(3)19)11-6-10(17(20)21)4-5-12(11)15-16-14/h4-6,13H,1H2,2-3H3. The summed E-state index contributed by atoms with van der Waals surface area (Å²) in [5.74, 6) is -1.18. The number of Topliss-reactive ketones (excluding diaryl/α,β-unsaturated/α-hetero) is 1.